The number of carbonyl (C=O) groups is 3. The van der Waals surface area contributed by atoms with E-state index < -0.39 is 5.91 Å². The molecule has 0 aliphatic carbocycles. The molecule has 7 heteroatoms. The molecule has 0 saturated heterocycles. The number of nitrogens with zero attached hydrogens (tertiary/aromatic N) is 1. The minimum Gasteiger partial charge on any atom is -0.462 e. The first-order chi connectivity index (χ1) is 13.9. The first-order valence-corrected chi connectivity index (χ1v) is 8.96. The summed E-state index contributed by atoms with van der Waals surface area (Å²) in [5.41, 5.74) is 2.10. The highest BCUT2D eigenvalue weighted by atomic mass is 16.5. The number of anilines is 1. The zero-order chi connectivity index (χ0) is 21.2. The summed E-state index contributed by atoms with van der Waals surface area (Å²) >= 11 is 0. The minimum absolute atomic E-state index is 0.110. The molecule has 2 aromatic carbocycles. The molecule has 2 N–H and O–H groups in total. The number of hydrogen-bond donors (Lipinski definition) is 2. The van der Waals surface area contributed by atoms with Crippen LogP contribution in [0.4, 0.5) is 5.69 Å². The maximum Gasteiger partial charge on any atom is 0.338 e. The van der Waals surface area contributed by atoms with Crippen molar-refractivity contribution in [1.82, 2.24) is 5.32 Å². The predicted octanol–water partition coefficient (Wildman–Crippen LogP) is 3.20. The van der Waals surface area contributed by atoms with Gasteiger partial charge in [-0.15, -0.1) is 0 Å². The van der Waals surface area contributed by atoms with Crippen molar-refractivity contribution in [2.24, 2.45) is 0 Å². The number of ketones is 1. The Morgan fingerprint density at radius 1 is 1.10 bits per heavy atom. The SMILES string of the molecule is CCOC(=O)c1ccc(CN/C=C(/C#N)C(=O)Nc2cccc(C(C)=O)c2)cc1. The molecule has 2 aromatic rings. The number of ether oxygens (including phenoxy) is 1. The average Bonchev–Trinajstić information content (AvgIpc) is 2.72. The first kappa shape index (κ1) is 21.4. The van der Waals surface area contributed by atoms with Gasteiger partial charge in [0.25, 0.3) is 5.91 Å². The lowest BCUT2D eigenvalue weighted by Gasteiger charge is -2.07. The summed E-state index contributed by atoms with van der Waals surface area (Å²) in [4.78, 5) is 35.3. The Morgan fingerprint density at radius 2 is 1.83 bits per heavy atom. The van der Waals surface area contributed by atoms with E-state index >= 15 is 0 Å². The average molecular weight is 391 g/mol. The number of amides is 1. The Morgan fingerprint density at radius 3 is 2.45 bits per heavy atom. The van der Waals surface area contributed by atoms with Crippen molar-refractivity contribution in [3.05, 3.63) is 77.0 Å². The van der Waals surface area contributed by atoms with Crippen LogP contribution in [0.2, 0.25) is 0 Å². The fourth-order valence-electron chi connectivity index (χ4n) is 2.41. The van der Waals surface area contributed by atoms with Gasteiger partial charge in [-0.3, -0.25) is 9.59 Å². The molecule has 0 spiro atoms. The number of rotatable bonds is 8. The second kappa shape index (κ2) is 10.4. The molecule has 148 valence electrons. The van der Waals surface area contributed by atoms with Crippen LogP contribution in [0, 0.1) is 11.3 Å². The molecule has 0 radical (unpaired) electrons. The summed E-state index contributed by atoms with van der Waals surface area (Å²) in [6.45, 7) is 3.85. The molecule has 0 saturated carbocycles. The molecule has 29 heavy (non-hydrogen) atoms. The monoisotopic (exact) mass is 391 g/mol. The Labute approximate surface area is 169 Å². The highest BCUT2D eigenvalue weighted by Crippen LogP contribution is 2.12. The quantitative estimate of drug-likeness (QED) is 0.310. The van der Waals surface area contributed by atoms with Crippen molar-refractivity contribution >= 4 is 23.3 Å². The molecular formula is C22H21N3O4. The summed E-state index contributed by atoms with van der Waals surface area (Å²) in [5, 5.41) is 14.7. The second-order valence-corrected chi connectivity index (χ2v) is 6.06. The van der Waals surface area contributed by atoms with Crippen molar-refractivity contribution < 1.29 is 19.1 Å². The van der Waals surface area contributed by atoms with Crippen molar-refractivity contribution in [2.45, 2.75) is 20.4 Å². The van der Waals surface area contributed by atoms with Crippen molar-refractivity contribution in [3.8, 4) is 6.07 Å². The van der Waals surface area contributed by atoms with Crippen molar-refractivity contribution in [1.29, 1.82) is 5.26 Å². The lowest BCUT2D eigenvalue weighted by molar-refractivity contribution is -0.112. The third kappa shape index (κ3) is 6.33. The molecule has 0 bridgehead atoms. The van der Waals surface area contributed by atoms with Gasteiger partial charge in [0.05, 0.1) is 12.2 Å². The standard InChI is InChI=1S/C22H21N3O4/c1-3-29-22(28)17-9-7-16(8-10-17)13-24-14-19(12-23)21(27)25-20-6-4-5-18(11-20)15(2)26/h4-11,14,24H,3,13H2,1-2H3,(H,25,27)/b19-14-. The van der Waals surface area contributed by atoms with E-state index in [2.05, 4.69) is 10.6 Å². The lowest BCUT2D eigenvalue weighted by Crippen LogP contribution is -2.17. The van der Waals surface area contributed by atoms with Gasteiger partial charge in [0.1, 0.15) is 11.6 Å². The highest BCUT2D eigenvalue weighted by Gasteiger charge is 2.10. The van der Waals surface area contributed by atoms with Crippen LogP contribution in [0.3, 0.4) is 0 Å². The van der Waals surface area contributed by atoms with Crippen LogP contribution >= 0.6 is 0 Å². The van der Waals surface area contributed by atoms with Gasteiger partial charge in [-0.25, -0.2) is 4.79 Å². The number of nitrogens with one attached hydrogen (secondary N) is 2. The fraction of sp³-hybridized carbons (Fsp3) is 0.182. The maximum absolute atomic E-state index is 12.3. The molecule has 1 amide bonds. The Balaban J connectivity index is 1.97. The molecule has 0 aliphatic heterocycles. The highest BCUT2D eigenvalue weighted by molar-refractivity contribution is 6.07. The van der Waals surface area contributed by atoms with Crippen LogP contribution in [-0.2, 0) is 16.1 Å². The summed E-state index contributed by atoms with van der Waals surface area (Å²) < 4.78 is 4.93. The molecule has 0 fully saturated rings. The maximum atomic E-state index is 12.3. The molecule has 0 heterocycles. The van der Waals surface area contributed by atoms with E-state index in [0.29, 0.717) is 30.0 Å². The number of Topliss-reactive ketones (excluding diaryl/α,β-unsaturated/α-hetero) is 1. The zero-order valence-electron chi connectivity index (χ0n) is 16.2. The van der Waals surface area contributed by atoms with E-state index in [4.69, 9.17) is 4.74 Å². The third-order valence-corrected chi connectivity index (χ3v) is 3.91. The molecular weight excluding hydrogens is 370 g/mol. The van der Waals surface area contributed by atoms with Crippen molar-refractivity contribution in [3.63, 3.8) is 0 Å². The van der Waals surface area contributed by atoms with Gasteiger partial charge >= 0.3 is 5.97 Å². The molecule has 2 rings (SSSR count). The predicted molar refractivity (Wildman–Crippen MR) is 108 cm³/mol. The van der Waals surface area contributed by atoms with Gasteiger partial charge in [0.2, 0.25) is 0 Å². The van der Waals surface area contributed by atoms with E-state index in [1.165, 1.54) is 13.1 Å². The summed E-state index contributed by atoms with van der Waals surface area (Å²) in [5.74, 6) is -1.09. The lowest BCUT2D eigenvalue weighted by atomic mass is 10.1. The van der Waals surface area contributed by atoms with E-state index in [0.717, 1.165) is 5.56 Å². The largest absolute Gasteiger partial charge is 0.462 e. The van der Waals surface area contributed by atoms with Gasteiger partial charge in [0, 0.05) is 24.0 Å². The smallest absolute Gasteiger partial charge is 0.338 e. The number of benzene rings is 2. The van der Waals surface area contributed by atoms with E-state index in [1.807, 2.05) is 6.07 Å². The fourth-order valence-corrected chi connectivity index (χ4v) is 2.41. The molecule has 0 atom stereocenters. The van der Waals surface area contributed by atoms with Crippen LogP contribution < -0.4 is 10.6 Å². The van der Waals surface area contributed by atoms with Gasteiger partial charge in [0.15, 0.2) is 5.78 Å². The first-order valence-electron chi connectivity index (χ1n) is 8.96. The minimum atomic E-state index is -0.585. The van der Waals surface area contributed by atoms with E-state index in [1.54, 1.807) is 55.5 Å². The molecule has 0 aliphatic rings. The molecule has 0 unspecified atom stereocenters. The summed E-state index contributed by atoms with van der Waals surface area (Å²) in [6.07, 6.45) is 1.32. The van der Waals surface area contributed by atoms with Crippen LogP contribution in [0.5, 0.6) is 0 Å². The molecule has 7 nitrogen and oxygen atoms in total. The number of hydrogen-bond acceptors (Lipinski definition) is 6. The van der Waals surface area contributed by atoms with Gasteiger partial charge in [-0.2, -0.15) is 5.26 Å². The number of carbonyl (C=O) groups excluding carboxylic acids is 3. The van der Waals surface area contributed by atoms with Crippen LogP contribution in [-0.4, -0.2) is 24.3 Å². The van der Waals surface area contributed by atoms with Crippen molar-refractivity contribution in [2.75, 3.05) is 11.9 Å². The molecule has 0 aromatic heterocycles. The van der Waals surface area contributed by atoms with Crippen LogP contribution in [0.1, 0.15) is 40.1 Å². The van der Waals surface area contributed by atoms with E-state index in [9.17, 15) is 19.6 Å². The number of esters is 1. The Bertz CT molecular complexity index is 972. The zero-order valence-corrected chi connectivity index (χ0v) is 16.2. The van der Waals surface area contributed by atoms with Gasteiger partial charge < -0.3 is 15.4 Å². The second-order valence-electron chi connectivity index (χ2n) is 6.06. The summed E-state index contributed by atoms with van der Waals surface area (Å²) in [7, 11) is 0. The normalized spacial score (nSPS) is 10.6. The third-order valence-electron chi connectivity index (χ3n) is 3.91. The van der Waals surface area contributed by atoms with Gasteiger partial charge in [-0.05, 0) is 43.7 Å². The summed E-state index contributed by atoms with van der Waals surface area (Å²) in [6, 6.07) is 15.1. The Kier molecular flexibility index (Phi) is 7.68. The van der Waals surface area contributed by atoms with E-state index in [-0.39, 0.29) is 17.3 Å². The van der Waals surface area contributed by atoms with Gasteiger partial charge in [-0.1, -0.05) is 24.3 Å². The Hall–Kier alpha value is -3.92. The number of nitriles is 1. The van der Waals surface area contributed by atoms with Crippen LogP contribution in [0.15, 0.2) is 60.3 Å². The topological polar surface area (TPSA) is 108 Å². The van der Waals surface area contributed by atoms with Crippen LogP contribution in [0.25, 0.3) is 0 Å².